The molecule has 0 bridgehead atoms. The van der Waals surface area contributed by atoms with Crippen LogP contribution < -0.4 is 21.4 Å². The molecular weight excluding hydrogens is 1860 g/mol. The molecule has 1 atom stereocenters. The maximum Gasteiger partial charge on any atom is 0.553 e. The summed E-state index contributed by atoms with van der Waals surface area (Å²) in [5, 5.41) is 44.4. The predicted molar refractivity (Wildman–Crippen MR) is 563 cm³/mol. The van der Waals surface area contributed by atoms with E-state index in [0.29, 0.717) is 78.6 Å². The fourth-order valence-corrected chi connectivity index (χ4v) is 28.9. The molecule has 16 heterocycles. The van der Waals surface area contributed by atoms with Gasteiger partial charge in [-0.3, -0.25) is 0 Å². The van der Waals surface area contributed by atoms with Gasteiger partial charge in [-0.1, -0.05) is 212 Å². The Kier molecular flexibility index (Phi) is 26.6. The summed E-state index contributed by atoms with van der Waals surface area (Å²) in [7, 11) is 0.112. The summed E-state index contributed by atoms with van der Waals surface area (Å²) in [6.45, 7) is 18.1. The molecule has 144 heavy (non-hydrogen) atoms. The molecule has 0 aliphatic carbocycles. The number of rotatable bonds is 39. The van der Waals surface area contributed by atoms with E-state index in [1.54, 1.807) is 21.3 Å². The van der Waals surface area contributed by atoms with E-state index >= 15 is 0 Å². The van der Waals surface area contributed by atoms with Crippen molar-refractivity contribution >= 4 is 96.6 Å². The maximum atomic E-state index is 9.99. The molecule has 0 radical (unpaired) electrons. The maximum absolute atomic E-state index is 9.99. The Morgan fingerprint density at radius 3 is 0.708 bits per heavy atom. The van der Waals surface area contributed by atoms with Crippen molar-refractivity contribution in [2.45, 2.75) is 131 Å². The van der Waals surface area contributed by atoms with Crippen LogP contribution in [0.25, 0.3) is 44.6 Å². The van der Waals surface area contributed by atoms with Crippen LogP contribution in [0, 0.1) is 0 Å². The van der Waals surface area contributed by atoms with Crippen LogP contribution >= 0.6 is 11.6 Å². The summed E-state index contributed by atoms with van der Waals surface area (Å²) < 4.78 is 78.9. The quantitative estimate of drug-likeness (QED) is 0.0122. The number of aromatic nitrogens is 4. The molecule has 0 fully saturated rings. The van der Waals surface area contributed by atoms with Crippen molar-refractivity contribution < 1.29 is 84.2 Å². The van der Waals surface area contributed by atoms with E-state index in [0.717, 1.165) is 226 Å². The first-order chi connectivity index (χ1) is 70.7. The van der Waals surface area contributed by atoms with Crippen molar-refractivity contribution in [2.75, 3.05) is 73.5 Å². The first-order valence-electron chi connectivity index (χ1n) is 50.2. The number of nitrogens with zero attached hydrogens (tertiary/aromatic N) is 8. The zero-order valence-corrected chi connectivity index (χ0v) is 85.4. The van der Waals surface area contributed by atoms with Crippen LogP contribution in [0.4, 0.5) is 0 Å². The number of benzene rings is 8. The molecule has 25 heteroatoms. The summed E-state index contributed by atoms with van der Waals surface area (Å²) in [4.78, 5) is 0. The first-order valence-corrected chi connectivity index (χ1v) is 54.6. The van der Waals surface area contributed by atoms with Crippen molar-refractivity contribution in [3.8, 4) is 0 Å². The van der Waals surface area contributed by atoms with E-state index in [1.807, 2.05) is 90.1 Å². The molecule has 1 unspecified atom stereocenters. The summed E-state index contributed by atoms with van der Waals surface area (Å²) >= 11 is 5.66. The molecule has 730 valence electrons. The average molecular weight is 1980 g/mol. The van der Waals surface area contributed by atoms with Crippen LogP contribution in [0.5, 0.6) is 0 Å². The van der Waals surface area contributed by atoms with Gasteiger partial charge in [-0.25, -0.2) is 0 Å². The molecule has 4 aromatic heterocycles. The Hall–Kier alpha value is -12.9. The molecule has 0 saturated heterocycles. The summed E-state index contributed by atoms with van der Waals surface area (Å²) in [6, 6.07) is 88.5. The molecule has 0 amide bonds. The molecule has 4 N–H and O–H groups in total. The van der Waals surface area contributed by atoms with Gasteiger partial charge in [-0.15, -0.1) is 11.6 Å². The van der Waals surface area contributed by atoms with E-state index in [9.17, 15) is 20.4 Å². The van der Waals surface area contributed by atoms with Gasteiger partial charge >= 0.3 is 29.4 Å². The van der Waals surface area contributed by atoms with Gasteiger partial charge < -0.3 is 65.9 Å². The minimum absolute atomic E-state index is 0.0273. The lowest BCUT2D eigenvalue weighted by Gasteiger charge is -2.41. The second-order valence-electron chi connectivity index (χ2n) is 37.1. The van der Waals surface area contributed by atoms with Crippen LogP contribution in [0.2, 0.25) is 12.1 Å². The van der Waals surface area contributed by atoms with Crippen LogP contribution in [-0.2, 0) is 110 Å². The second kappa shape index (κ2) is 39.9. The lowest BCUT2D eigenvalue weighted by atomic mass is 9.92. The fraction of sp³-hybridized carbons (Fsp3) is 0.261. The van der Waals surface area contributed by atoms with Crippen LogP contribution in [-0.4, -0.2) is 171 Å². The SMILES string of the molecule is CCO[Si](CCCCl)(OCC)OCC.CCO[Si](CCCOCc1ccc(C2=C3C=CC4=[N+]3C35n6c(ccc62)C(c2ccc(COC)cc2)=C2C=CC(=[N+]23)C(c2ccc(COC)cc2)=c2ccc(n25)=C4c2ccc(COC)cc2)cc1)(OCC)OCC.OCc1ccc(C2=C3C=CC4=[N+]3C35n6c2ccc6C(c2ccc(CO)cc2)=C2C=CC(=[N+]23)C(c2ccc(CO)cc2)=c2ccc(n25)=C4c2ccc(CO)cc2)cc1. The smallest absolute Gasteiger partial charge is 0.392 e. The monoisotopic (exact) mass is 1970 g/mol. The molecule has 12 aliphatic rings. The van der Waals surface area contributed by atoms with Gasteiger partial charge in [0.1, 0.15) is 0 Å². The predicted octanol–water partition coefficient (Wildman–Crippen LogP) is 15.9. The summed E-state index contributed by atoms with van der Waals surface area (Å²) in [5.41, 5.74) is 39.1. The van der Waals surface area contributed by atoms with Gasteiger partial charge in [0.25, 0.3) is 0 Å². The number of aliphatic hydroxyl groups is 4. The normalized spacial score (nSPS) is 17.1. The Labute approximate surface area is 845 Å². The van der Waals surface area contributed by atoms with Crippen LogP contribution in [0.1, 0.15) is 166 Å². The zero-order valence-electron chi connectivity index (χ0n) is 82.7. The lowest BCUT2D eigenvalue weighted by molar-refractivity contribution is -0.834. The highest BCUT2D eigenvalue weighted by atomic mass is 35.5. The number of aliphatic hydroxyl groups excluding tert-OH is 4. The number of hydrogen-bond acceptors (Lipinski definition) is 14. The summed E-state index contributed by atoms with van der Waals surface area (Å²) in [6.07, 6.45) is 20.1. The van der Waals surface area contributed by atoms with Gasteiger partial charge in [-0.2, -0.15) is 18.3 Å². The Morgan fingerprint density at radius 2 is 0.486 bits per heavy atom. The fourth-order valence-electron chi connectivity index (χ4n) is 23.4. The molecular formula is C119H119ClN8O14Si2+4. The number of hydrogen-bond donors (Lipinski definition) is 4. The highest BCUT2D eigenvalue weighted by Gasteiger charge is 2.75. The number of alkyl halides is 1. The van der Waals surface area contributed by atoms with Gasteiger partial charge in [-0.05, 0) is 192 Å². The minimum atomic E-state index is -2.73. The molecule has 0 saturated carbocycles. The van der Waals surface area contributed by atoms with Crippen LogP contribution in [0.3, 0.4) is 0 Å². The average Bonchev–Trinajstić information content (AvgIpc) is 1.44. The number of halogens is 1. The highest BCUT2D eigenvalue weighted by Crippen LogP contribution is 2.57. The highest BCUT2D eigenvalue weighted by molar-refractivity contribution is 6.61. The number of methoxy groups -OCH3 is 3. The van der Waals surface area contributed by atoms with E-state index < -0.39 is 29.4 Å². The van der Waals surface area contributed by atoms with E-state index in [-0.39, 0.29) is 26.4 Å². The van der Waals surface area contributed by atoms with E-state index in [4.69, 9.17) is 57.1 Å². The van der Waals surface area contributed by atoms with Crippen molar-refractivity contribution in [1.82, 2.24) is 18.3 Å². The molecule has 8 aromatic carbocycles. The van der Waals surface area contributed by atoms with Gasteiger partial charge in [0.05, 0.1) is 142 Å². The van der Waals surface area contributed by atoms with Gasteiger partial charge in [0, 0.05) is 134 Å². The van der Waals surface area contributed by atoms with E-state index in [2.05, 4.69) is 279 Å². The van der Waals surface area contributed by atoms with Crippen molar-refractivity contribution in [1.29, 1.82) is 0 Å². The van der Waals surface area contributed by atoms with Crippen molar-refractivity contribution in [2.24, 2.45) is 0 Å². The molecule has 2 spiro atoms. The minimum Gasteiger partial charge on any atom is -0.392 e. The number of allylic oxidation sites excluding steroid dienone is 8. The van der Waals surface area contributed by atoms with Gasteiger partial charge in [0.2, 0.25) is 45.6 Å². The first kappa shape index (κ1) is 95.9. The van der Waals surface area contributed by atoms with Gasteiger partial charge in [0.15, 0.2) is 0 Å². The Bertz CT molecular complexity index is 7580. The second-order valence-corrected chi connectivity index (χ2v) is 43.0. The van der Waals surface area contributed by atoms with E-state index in [1.165, 1.54) is 22.3 Å². The van der Waals surface area contributed by atoms with Crippen molar-refractivity contribution in [3.05, 3.63) is 447 Å². The molecule has 12 aliphatic heterocycles. The number of ether oxygens (including phenoxy) is 4. The molecule has 22 nitrogen and oxygen atoms in total. The Balaban J connectivity index is 0.000000148. The Morgan fingerprint density at radius 1 is 0.264 bits per heavy atom. The zero-order chi connectivity index (χ0) is 98.9. The topological polar surface area (TPSA) is 205 Å². The van der Waals surface area contributed by atoms with Crippen LogP contribution in [0.15, 0.2) is 314 Å². The molecule has 12 aromatic rings. The molecule has 24 rings (SSSR count). The third kappa shape index (κ3) is 15.5. The lowest BCUT2D eigenvalue weighted by Crippen LogP contribution is -2.71. The summed E-state index contributed by atoms with van der Waals surface area (Å²) in [5.74, 6) is -1.20. The third-order valence-electron chi connectivity index (χ3n) is 29.0. The standard InChI is InChI=1S/C61H62N4O7Si.C49H36N4O4.C9H21ClO3Si/c1-7-70-73(71-8-2,72-9-3)36-10-35-69-40-44-17-25-48(26-18-44)60-55-33-31-53-58(46-21-13-42(14-22-46)38-67-5)51-29-27-49-57(45-19-11-41(12-20-45)37-66-4)50-28-30-52-59(47-23-15-43(16-24-47)39-68-6)54-32-34-56(60)65(54)61(62(49)51,63(50)52)64(53)55;54-25-29-1-9-33(10-2-29)45-37-17-19-39-46(34-11-3-30(26-55)4-12-34)41-21-23-43-48(36-15-7-32(28-57)8-16-36)44-24-22-42-47(35-13-5-31(27-56)6-14-35)40-20-18-38(45)51(40)49(50(37)39,52(41)43)53(42)44;1-4-11-14(12-5-2,13-6-3)9-7-8-10/h11-34H,7-10,35-40H2,1-6H3;1-24,54-57H,25-28H2;4-9H2,1-3H3/q2*+2;. The third-order valence-corrected chi connectivity index (χ3v) is 35.6. The largest absolute Gasteiger partial charge is 0.553 e. The van der Waals surface area contributed by atoms with Crippen molar-refractivity contribution in [3.63, 3.8) is 0 Å².